The van der Waals surface area contributed by atoms with Crippen molar-refractivity contribution in [1.82, 2.24) is 25.4 Å². The van der Waals surface area contributed by atoms with Crippen molar-refractivity contribution >= 4 is 29.9 Å². The lowest BCUT2D eigenvalue weighted by Gasteiger charge is -2.10. The molecule has 0 saturated heterocycles. The number of guanidine groups is 1. The van der Waals surface area contributed by atoms with Gasteiger partial charge in [0.25, 0.3) is 0 Å². The molecule has 31 heavy (non-hydrogen) atoms. The Hall–Kier alpha value is -3.14. The van der Waals surface area contributed by atoms with Crippen molar-refractivity contribution in [2.45, 2.75) is 20.0 Å². The number of nitrogens with zero attached hydrogens (tertiary/aromatic N) is 4. The summed E-state index contributed by atoms with van der Waals surface area (Å²) in [5.41, 5.74) is 3.90. The van der Waals surface area contributed by atoms with Gasteiger partial charge in [0.1, 0.15) is 6.26 Å². The zero-order valence-electron chi connectivity index (χ0n) is 17.2. The van der Waals surface area contributed by atoms with Gasteiger partial charge in [0.05, 0.1) is 24.5 Å². The number of aromatic nitrogens is 3. The molecule has 0 fully saturated rings. The second-order valence-corrected chi connectivity index (χ2v) is 6.68. The molecule has 0 radical (unpaired) electrons. The molecule has 0 atom stereocenters. The molecule has 0 bridgehead atoms. The Bertz CT molecular complexity index is 1090. The molecule has 2 aromatic carbocycles. The number of hydrogen-bond acceptors (Lipinski definition) is 4. The van der Waals surface area contributed by atoms with Crippen LogP contribution in [0.1, 0.15) is 18.2 Å². The molecule has 0 aliphatic rings. The lowest BCUT2D eigenvalue weighted by Crippen LogP contribution is -2.36. The minimum atomic E-state index is 0. The third-order valence-electron chi connectivity index (χ3n) is 4.45. The van der Waals surface area contributed by atoms with Crippen molar-refractivity contribution in [3.05, 3.63) is 90.6 Å². The molecule has 2 aromatic heterocycles. The molecule has 2 N–H and O–H groups in total. The van der Waals surface area contributed by atoms with Crippen molar-refractivity contribution in [2.75, 3.05) is 6.54 Å². The van der Waals surface area contributed by atoms with E-state index in [2.05, 4.69) is 32.8 Å². The van der Waals surface area contributed by atoms with E-state index in [1.54, 1.807) is 12.5 Å². The van der Waals surface area contributed by atoms with Crippen LogP contribution in [0.2, 0.25) is 0 Å². The highest BCUT2D eigenvalue weighted by molar-refractivity contribution is 14.0. The lowest BCUT2D eigenvalue weighted by atomic mass is 10.2. The zero-order valence-corrected chi connectivity index (χ0v) is 19.6. The monoisotopic (exact) mass is 528 g/mol. The number of halogens is 1. The third kappa shape index (κ3) is 6.17. The number of oxazole rings is 1. The second-order valence-electron chi connectivity index (χ2n) is 6.68. The van der Waals surface area contributed by atoms with E-state index in [1.165, 1.54) is 0 Å². The molecule has 8 heteroatoms. The molecule has 4 rings (SSSR count). The van der Waals surface area contributed by atoms with E-state index in [4.69, 9.17) is 9.41 Å². The maximum atomic E-state index is 5.60. The Kier molecular flexibility index (Phi) is 8.22. The third-order valence-corrected chi connectivity index (χ3v) is 4.45. The van der Waals surface area contributed by atoms with Gasteiger partial charge in [-0.25, -0.2) is 14.7 Å². The summed E-state index contributed by atoms with van der Waals surface area (Å²) in [6, 6.07) is 20.0. The van der Waals surface area contributed by atoms with Crippen LogP contribution in [0, 0.1) is 0 Å². The summed E-state index contributed by atoms with van der Waals surface area (Å²) in [4.78, 5) is 9.24. The average molecular weight is 528 g/mol. The number of hydrogen-bond donors (Lipinski definition) is 2. The number of benzene rings is 2. The normalized spacial score (nSPS) is 11.1. The predicted molar refractivity (Wildman–Crippen MR) is 133 cm³/mol. The van der Waals surface area contributed by atoms with Crippen molar-refractivity contribution in [3.63, 3.8) is 0 Å². The molecule has 0 amide bonds. The summed E-state index contributed by atoms with van der Waals surface area (Å²) in [6.07, 6.45) is 5.37. The fourth-order valence-corrected chi connectivity index (χ4v) is 3.01. The summed E-state index contributed by atoms with van der Waals surface area (Å²) < 4.78 is 7.44. The maximum Gasteiger partial charge on any atom is 0.226 e. The van der Waals surface area contributed by atoms with Gasteiger partial charge < -0.3 is 15.1 Å². The standard InChI is InChI=1S/C23H24N6O.HI/c1-2-24-23(25-15-18-8-6-11-21(14-18)29-13-7-12-27-29)26-16-20-17-30-22(28-20)19-9-4-3-5-10-19;/h3-14,17H,2,15-16H2,1H3,(H2,24,25,26);1H. The first-order chi connectivity index (χ1) is 14.8. The lowest BCUT2D eigenvalue weighted by molar-refractivity contribution is 0.572. The fraction of sp³-hybridized carbons (Fsp3) is 0.174. The van der Waals surface area contributed by atoms with Gasteiger partial charge in [-0.1, -0.05) is 30.3 Å². The Balaban J connectivity index is 0.00000272. The fourth-order valence-electron chi connectivity index (χ4n) is 3.01. The first-order valence-corrected chi connectivity index (χ1v) is 9.93. The van der Waals surface area contributed by atoms with E-state index < -0.39 is 0 Å². The second kappa shape index (κ2) is 11.3. The number of aliphatic imine (C=N–C) groups is 1. The molecule has 160 valence electrons. The largest absolute Gasteiger partial charge is 0.444 e. The van der Waals surface area contributed by atoms with Crippen molar-refractivity contribution in [3.8, 4) is 17.1 Å². The first kappa shape index (κ1) is 22.5. The van der Waals surface area contributed by atoms with Crippen LogP contribution in [-0.4, -0.2) is 27.3 Å². The van der Waals surface area contributed by atoms with E-state index >= 15 is 0 Å². The summed E-state index contributed by atoms with van der Waals surface area (Å²) >= 11 is 0. The van der Waals surface area contributed by atoms with Crippen LogP contribution in [0.3, 0.4) is 0 Å². The first-order valence-electron chi connectivity index (χ1n) is 9.93. The highest BCUT2D eigenvalue weighted by Crippen LogP contribution is 2.17. The highest BCUT2D eigenvalue weighted by atomic mass is 127. The van der Waals surface area contributed by atoms with Crippen LogP contribution in [-0.2, 0) is 13.1 Å². The van der Waals surface area contributed by atoms with Gasteiger partial charge in [-0.3, -0.25) is 0 Å². The molecule has 4 aromatic rings. The van der Waals surface area contributed by atoms with Gasteiger partial charge in [-0.15, -0.1) is 24.0 Å². The van der Waals surface area contributed by atoms with Crippen LogP contribution in [0.25, 0.3) is 17.1 Å². The SMILES string of the molecule is CCNC(=NCc1cccc(-n2cccn2)c1)NCc1coc(-c2ccccc2)n1.I. The molecule has 0 unspecified atom stereocenters. The van der Waals surface area contributed by atoms with Gasteiger partial charge in [0.15, 0.2) is 5.96 Å². The smallest absolute Gasteiger partial charge is 0.226 e. The van der Waals surface area contributed by atoms with Crippen molar-refractivity contribution < 1.29 is 4.42 Å². The predicted octanol–water partition coefficient (Wildman–Crippen LogP) is 4.40. The Morgan fingerprint density at radius 3 is 2.71 bits per heavy atom. The van der Waals surface area contributed by atoms with E-state index in [0.717, 1.165) is 35.0 Å². The number of rotatable bonds is 7. The molecule has 0 saturated carbocycles. The van der Waals surface area contributed by atoms with Crippen LogP contribution in [0.15, 0.2) is 88.7 Å². The summed E-state index contributed by atoms with van der Waals surface area (Å²) in [5.74, 6) is 1.34. The van der Waals surface area contributed by atoms with E-state index in [9.17, 15) is 0 Å². The van der Waals surface area contributed by atoms with Gasteiger partial charge in [-0.05, 0) is 42.8 Å². The van der Waals surface area contributed by atoms with E-state index in [-0.39, 0.29) is 24.0 Å². The van der Waals surface area contributed by atoms with E-state index in [0.29, 0.717) is 19.0 Å². The molecule has 0 spiro atoms. The van der Waals surface area contributed by atoms with Crippen LogP contribution >= 0.6 is 24.0 Å². The molecular formula is C23H25IN6O. The van der Waals surface area contributed by atoms with Gasteiger partial charge in [0, 0.05) is 24.5 Å². The van der Waals surface area contributed by atoms with Gasteiger partial charge in [-0.2, -0.15) is 5.10 Å². The minimum absolute atomic E-state index is 0. The molecule has 0 aliphatic heterocycles. The highest BCUT2D eigenvalue weighted by Gasteiger charge is 2.07. The summed E-state index contributed by atoms with van der Waals surface area (Å²) in [6.45, 7) is 3.89. The van der Waals surface area contributed by atoms with Crippen molar-refractivity contribution in [1.29, 1.82) is 0 Å². The van der Waals surface area contributed by atoms with Crippen LogP contribution in [0.4, 0.5) is 0 Å². The topological polar surface area (TPSA) is 80.3 Å². The number of nitrogens with one attached hydrogen (secondary N) is 2. The molecule has 2 heterocycles. The van der Waals surface area contributed by atoms with Crippen LogP contribution in [0.5, 0.6) is 0 Å². The zero-order chi connectivity index (χ0) is 20.6. The van der Waals surface area contributed by atoms with Crippen LogP contribution < -0.4 is 10.6 Å². The molecule has 0 aliphatic carbocycles. The Morgan fingerprint density at radius 1 is 1.06 bits per heavy atom. The summed E-state index contributed by atoms with van der Waals surface area (Å²) in [7, 11) is 0. The molecular weight excluding hydrogens is 503 g/mol. The Labute approximate surface area is 198 Å². The quantitative estimate of drug-likeness (QED) is 0.211. The van der Waals surface area contributed by atoms with Gasteiger partial charge in [0.2, 0.25) is 5.89 Å². The minimum Gasteiger partial charge on any atom is -0.444 e. The van der Waals surface area contributed by atoms with Crippen molar-refractivity contribution in [2.24, 2.45) is 4.99 Å². The average Bonchev–Trinajstić information content (AvgIpc) is 3.49. The molecule has 7 nitrogen and oxygen atoms in total. The Morgan fingerprint density at radius 2 is 1.94 bits per heavy atom. The summed E-state index contributed by atoms with van der Waals surface area (Å²) in [5, 5.41) is 10.9. The van der Waals surface area contributed by atoms with Gasteiger partial charge >= 0.3 is 0 Å². The van der Waals surface area contributed by atoms with E-state index in [1.807, 2.05) is 66.3 Å². The maximum absolute atomic E-state index is 5.60.